The molecule has 0 spiro atoms. The summed E-state index contributed by atoms with van der Waals surface area (Å²) in [4.78, 5) is 12.5. The third-order valence-corrected chi connectivity index (χ3v) is 4.74. The Bertz CT molecular complexity index is 529. The van der Waals surface area contributed by atoms with E-state index in [-0.39, 0.29) is 18.0 Å². The first-order chi connectivity index (χ1) is 10.6. The van der Waals surface area contributed by atoms with Crippen molar-refractivity contribution in [2.45, 2.75) is 64.1 Å². The van der Waals surface area contributed by atoms with Crippen molar-refractivity contribution in [2.24, 2.45) is 5.92 Å². The number of hydrogen-bond donors (Lipinski definition) is 3. The van der Waals surface area contributed by atoms with Crippen LogP contribution in [0.1, 0.15) is 56.7 Å². The molecule has 120 valence electrons. The van der Waals surface area contributed by atoms with E-state index in [1.165, 1.54) is 11.1 Å². The van der Waals surface area contributed by atoms with Crippen LogP contribution in [-0.4, -0.2) is 18.0 Å². The van der Waals surface area contributed by atoms with E-state index >= 15 is 0 Å². The van der Waals surface area contributed by atoms with Gasteiger partial charge in [0.15, 0.2) is 0 Å². The topological polar surface area (TPSA) is 53.2 Å². The van der Waals surface area contributed by atoms with E-state index in [1.54, 1.807) is 0 Å². The summed E-state index contributed by atoms with van der Waals surface area (Å²) in [6, 6.07) is 8.94. The van der Waals surface area contributed by atoms with Crippen LogP contribution in [-0.2, 0) is 11.2 Å². The van der Waals surface area contributed by atoms with Crippen molar-refractivity contribution in [1.29, 1.82) is 0 Å². The molecule has 4 nitrogen and oxygen atoms in total. The molecule has 22 heavy (non-hydrogen) atoms. The van der Waals surface area contributed by atoms with Crippen molar-refractivity contribution < 1.29 is 4.79 Å². The molecular formula is C18H27N3O. The maximum atomic E-state index is 12.5. The maximum absolute atomic E-state index is 12.5. The third kappa shape index (κ3) is 3.50. The second-order valence-electron chi connectivity index (χ2n) is 7.06. The number of hydrogen-bond acceptors (Lipinski definition) is 3. The van der Waals surface area contributed by atoms with Crippen LogP contribution >= 0.6 is 0 Å². The lowest BCUT2D eigenvalue weighted by molar-refractivity contribution is -0.123. The second-order valence-corrected chi connectivity index (χ2v) is 7.06. The van der Waals surface area contributed by atoms with Gasteiger partial charge in [-0.2, -0.15) is 0 Å². The van der Waals surface area contributed by atoms with Crippen LogP contribution in [0.25, 0.3) is 0 Å². The minimum absolute atomic E-state index is 0.113. The van der Waals surface area contributed by atoms with E-state index in [9.17, 15) is 4.79 Å². The first kappa shape index (κ1) is 15.5. The average molecular weight is 301 g/mol. The number of amides is 1. The smallest absolute Gasteiger partial charge is 0.239 e. The van der Waals surface area contributed by atoms with Gasteiger partial charge in [0.2, 0.25) is 5.91 Å². The standard InChI is InChI=1S/C18H27N3O/c1-12(2)10-14-11-17(21-20-14)18(22)19-16-9-5-7-13-6-3-4-8-15(13)16/h3-4,6,8,12,14,16-17,20-21H,5,7,9-11H2,1-2H3,(H,19,22). The molecule has 1 amide bonds. The quantitative estimate of drug-likeness (QED) is 0.801. The van der Waals surface area contributed by atoms with E-state index < -0.39 is 0 Å². The van der Waals surface area contributed by atoms with Crippen molar-refractivity contribution >= 4 is 5.91 Å². The Kier molecular flexibility index (Phi) is 4.79. The van der Waals surface area contributed by atoms with E-state index in [4.69, 9.17) is 0 Å². The predicted molar refractivity (Wildman–Crippen MR) is 88.2 cm³/mol. The highest BCUT2D eigenvalue weighted by molar-refractivity contribution is 5.82. The largest absolute Gasteiger partial charge is 0.348 e. The van der Waals surface area contributed by atoms with Crippen molar-refractivity contribution in [3.8, 4) is 0 Å². The number of rotatable bonds is 4. The Morgan fingerprint density at radius 3 is 2.95 bits per heavy atom. The first-order valence-electron chi connectivity index (χ1n) is 8.52. The van der Waals surface area contributed by atoms with Gasteiger partial charge in [0.05, 0.1) is 6.04 Å². The predicted octanol–water partition coefficient (Wildman–Crippen LogP) is 2.46. The van der Waals surface area contributed by atoms with Crippen LogP contribution < -0.4 is 16.2 Å². The molecule has 0 radical (unpaired) electrons. The van der Waals surface area contributed by atoms with E-state index in [0.29, 0.717) is 12.0 Å². The summed E-state index contributed by atoms with van der Waals surface area (Å²) in [5, 5.41) is 3.25. The Morgan fingerprint density at radius 1 is 1.32 bits per heavy atom. The van der Waals surface area contributed by atoms with Crippen molar-refractivity contribution in [2.75, 3.05) is 0 Å². The maximum Gasteiger partial charge on any atom is 0.239 e. The minimum Gasteiger partial charge on any atom is -0.348 e. The van der Waals surface area contributed by atoms with E-state index in [1.807, 2.05) is 0 Å². The van der Waals surface area contributed by atoms with Crippen LogP contribution in [0.3, 0.4) is 0 Å². The van der Waals surface area contributed by atoms with Crippen LogP contribution in [0.4, 0.5) is 0 Å². The molecule has 0 aromatic heterocycles. The lowest BCUT2D eigenvalue weighted by Crippen LogP contribution is -2.45. The van der Waals surface area contributed by atoms with Gasteiger partial charge in [-0.05, 0) is 49.1 Å². The molecule has 1 aromatic rings. The van der Waals surface area contributed by atoms with Gasteiger partial charge in [-0.3, -0.25) is 10.2 Å². The molecule has 3 atom stereocenters. The van der Waals surface area contributed by atoms with Crippen LogP contribution in [0, 0.1) is 5.92 Å². The Labute approximate surface area is 133 Å². The summed E-state index contributed by atoms with van der Waals surface area (Å²) in [6.07, 6.45) is 5.29. The number of fused-ring (bicyclic) bond motifs is 1. The Hall–Kier alpha value is -1.39. The van der Waals surface area contributed by atoms with E-state index in [0.717, 1.165) is 32.1 Å². The zero-order valence-electron chi connectivity index (χ0n) is 13.6. The molecule has 0 saturated carbocycles. The minimum atomic E-state index is -0.113. The van der Waals surface area contributed by atoms with Gasteiger partial charge in [-0.1, -0.05) is 38.1 Å². The Morgan fingerprint density at radius 2 is 2.14 bits per heavy atom. The first-order valence-corrected chi connectivity index (χ1v) is 8.52. The summed E-state index contributed by atoms with van der Waals surface area (Å²) in [5.74, 6) is 0.770. The zero-order valence-corrected chi connectivity index (χ0v) is 13.6. The van der Waals surface area contributed by atoms with E-state index in [2.05, 4.69) is 54.3 Å². The van der Waals surface area contributed by atoms with Gasteiger partial charge >= 0.3 is 0 Å². The molecule has 1 aliphatic heterocycles. The molecule has 3 unspecified atom stereocenters. The number of carbonyl (C=O) groups excluding carboxylic acids is 1. The number of carbonyl (C=O) groups is 1. The highest BCUT2D eigenvalue weighted by Gasteiger charge is 2.31. The zero-order chi connectivity index (χ0) is 15.5. The van der Waals surface area contributed by atoms with Gasteiger partial charge in [-0.15, -0.1) is 0 Å². The summed E-state index contributed by atoms with van der Waals surface area (Å²) < 4.78 is 0. The van der Waals surface area contributed by atoms with Crippen LogP contribution in [0.5, 0.6) is 0 Å². The molecule has 1 fully saturated rings. The summed E-state index contributed by atoms with van der Waals surface area (Å²) >= 11 is 0. The van der Waals surface area contributed by atoms with Crippen molar-refractivity contribution in [3.63, 3.8) is 0 Å². The van der Waals surface area contributed by atoms with Gasteiger partial charge in [-0.25, -0.2) is 5.43 Å². The van der Waals surface area contributed by atoms with Gasteiger partial charge in [0.1, 0.15) is 6.04 Å². The fraction of sp³-hybridized carbons (Fsp3) is 0.611. The number of benzene rings is 1. The lowest BCUT2D eigenvalue weighted by Gasteiger charge is -2.27. The van der Waals surface area contributed by atoms with Crippen molar-refractivity contribution in [1.82, 2.24) is 16.2 Å². The molecule has 3 rings (SSSR count). The molecular weight excluding hydrogens is 274 g/mol. The van der Waals surface area contributed by atoms with Crippen LogP contribution in [0.2, 0.25) is 0 Å². The summed E-state index contributed by atoms with van der Waals surface area (Å²) in [5.41, 5.74) is 9.11. The lowest BCUT2D eigenvalue weighted by atomic mass is 9.87. The SMILES string of the molecule is CC(C)CC1CC(C(=O)NC2CCCc3ccccc32)NN1. The summed E-state index contributed by atoms with van der Waals surface area (Å²) in [7, 11) is 0. The molecule has 1 aromatic carbocycles. The van der Waals surface area contributed by atoms with Gasteiger partial charge in [0.25, 0.3) is 0 Å². The monoisotopic (exact) mass is 301 g/mol. The summed E-state index contributed by atoms with van der Waals surface area (Å²) in [6.45, 7) is 4.43. The molecule has 3 N–H and O–H groups in total. The van der Waals surface area contributed by atoms with Gasteiger partial charge < -0.3 is 5.32 Å². The average Bonchev–Trinajstić information content (AvgIpc) is 2.95. The fourth-order valence-corrected chi connectivity index (χ4v) is 3.69. The molecule has 1 saturated heterocycles. The van der Waals surface area contributed by atoms with Gasteiger partial charge in [0, 0.05) is 6.04 Å². The fourth-order valence-electron chi connectivity index (χ4n) is 3.69. The second kappa shape index (κ2) is 6.80. The van der Waals surface area contributed by atoms with Crippen molar-refractivity contribution in [3.05, 3.63) is 35.4 Å². The van der Waals surface area contributed by atoms with Crippen LogP contribution in [0.15, 0.2) is 24.3 Å². The number of hydrazine groups is 1. The molecule has 1 aliphatic carbocycles. The highest BCUT2D eigenvalue weighted by Crippen LogP contribution is 2.29. The number of aryl methyl sites for hydroxylation is 1. The molecule has 1 heterocycles. The molecule has 0 bridgehead atoms. The third-order valence-electron chi connectivity index (χ3n) is 4.74. The molecule has 4 heteroatoms. The Balaban J connectivity index is 1.59. The molecule has 2 aliphatic rings. The number of nitrogens with one attached hydrogen (secondary N) is 3. The normalized spacial score (nSPS) is 27.7. The highest BCUT2D eigenvalue weighted by atomic mass is 16.2.